The first kappa shape index (κ1) is 25.3. The molecule has 38 heavy (non-hydrogen) atoms. The Bertz CT molecular complexity index is 1420. The molecule has 3 aromatic rings. The number of aromatic nitrogens is 1. The molecule has 1 amide bonds. The predicted octanol–water partition coefficient (Wildman–Crippen LogP) is 5.41. The lowest BCUT2D eigenvalue weighted by Crippen LogP contribution is -2.37. The fourth-order valence-electron chi connectivity index (χ4n) is 5.31. The summed E-state index contributed by atoms with van der Waals surface area (Å²) in [4.78, 5) is 31.8. The summed E-state index contributed by atoms with van der Waals surface area (Å²) in [6.45, 7) is 3.83. The largest absolute Gasteiger partial charge is 0.497 e. The van der Waals surface area contributed by atoms with Gasteiger partial charge < -0.3 is 20.1 Å². The standard InChI is InChI=1S/C31H31N3O4/c1-18-5-14-27(32-17-18)34-31(36)28-19(2)33-25-15-22(20-6-10-23(37-3)11-7-20)16-26(35)30(25)29(28)21-8-12-24(38-4)13-9-21/h5-14,17,22,29,33H,15-16H2,1-4H3,(H,32,34,36). The Morgan fingerprint density at radius 1 is 0.895 bits per heavy atom. The van der Waals surface area contributed by atoms with Gasteiger partial charge in [-0.05, 0) is 73.2 Å². The van der Waals surface area contributed by atoms with E-state index < -0.39 is 5.92 Å². The molecule has 5 rings (SSSR count). The van der Waals surface area contributed by atoms with E-state index in [0.29, 0.717) is 35.6 Å². The van der Waals surface area contributed by atoms with Gasteiger partial charge in [-0.1, -0.05) is 30.3 Å². The quantitative estimate of drug-likeness (QED) is 0.462. The second-order valence-electron chi connectivity index (χ2n) is 9.74. The zero-order valence-corrected chi connectivity index (χ0v) is 22.0. The number of benzene rings is 2. The maximum Gasteiger partial charge on any atom is 0.255 e. The van der Waals surface area contributed by atoms with Crippen LogP contribution in [0.4, 0.5) is 5.82 Å². The molecule has 2 heterocycles. The molecule has 2 aliphatic rings. The molecule has 7 nitrogen and oxygen atoms in total. The molecule has 1 aliphatic heterocycles. The van der Waals surface area contributed by atoms with Crippen LogP contribution in [0.5, 0.6) is 11.5 Å². The van der Waals surface area contributed by atoms with E-state index >= 15 is 0 Å². The predicted molar refractivity (Wildman–Crippen MR) is 146 cm³/mol. The van der Waals surface area contributed by atoms with Crippen LogP contribution in [0.1, 0.15) is 48.3 Å². The summed E-state index contributed by atoms with van der Waals surface area (Å²) < 4.78 is 10.6. The minimum Gasteiger partial charge on any atom is -0.497 e. The molecule has 0 spiro atoms. The number of rotatable bonds is 6. The third-order valence-electron chi connectivity index (χ3n) is 7.26. The van der Waals surface area contributed by atoms with Gasteiger partial charge in [0, 0.05) is 41.1 Å². The van der Waals surface area contributed by atoms with E-state index in [1.807, 2.05) is 68.4 Å². The molecule has 2 aromatic carbocycles. The number of hydrogen-bond acceptors (Lipinski definition) is 6. The summed E-state index contributed by atoms with van der Waals surface area (Å²) in [5, 5.41) is 6.36. The van der Waals surface area contributed by atoms with Crippen molar-refractivity contribution in [1.29, 1.82) is 0 Å². The molecule has 1 aromatic heterocycles. The third-order valence-corrected chi connectivity index (χ3v) is 7.26. The monoisotopic (exact) mass is 509 g/mol. The number of dihydropyridines is 1. The Hall–Kier alpha value is -4.39. The van der Waals surface area contributed by atoms with Gasteiger partial charge in [-0.3, -0.25) is 9.59 Å². The van der Waals surface area contributed by atoms with Crippen molar-refractivity contribution in [2.24, 2.45) is 0 Å². The first-order valence-corrected chi connectivity index (χ1v) is 12.6. The Morgan fingerprint density at radius 2 is 1.53 bits per heavy atom. The van der Waals surface area contributed by atoms with Crippen molar-refractivity contribution >= 4 is 17.5 Å². The normalized spacial score (nSPS) is 19.0. The van der Waals surface area contributed by atoms with Crippen molar-refractivity contribution in [3.05, 3.63) is 106 Å². The van der Waals surface area contributed by atoms with Crippen LogP contribution in [0, 0.1) is 6.92 Å². The molecular weight excluding hydrogens is 478 g/mol. The summed E-state index contributed by atoms with van der Waals surface area (Å²) in [6, 6.07) is 19.1. The number of methoxy groups -OCH3 is 2. The Labute approximate surface area is 222 Å². The van der Waals surface area contributed by atoms with E-state index in [1.54, 1.807) is 26.5 Å². The number of pyridine rings is 1. The first-order chi connectivity index (χ1) is 18.4. The molecule has 2 N–H and O–H groups in total. The molecule has 7 heteroatoms. The number of ether oxygens (including phenoxy) is 2. The van der Waals surface area contributed by atoms with E-state index in [-0.39, 0.29) is 17.6 Å². The van der Waals surface area contributed by atoms with Crippen molar-refractivity contribution in [2.75, 3.05) is 19.5 Å². The van der Waals surface area contributed by atoms with Gasteiger partial charge in [0.25, 0.3) is 5.91 Å². The fourth-order valence-corrected chi connectivity index (χ4v) is 5.31. The number of amides is 1. The van der Waals surface area contributed by atoms with Crippen LogP contribution < -0.4 is 20.1 Å². The van der Waals surface area contributed by atoms with Crippen LogP contribution >= 0.6 is 0 Å². The second-order valence-corrected chi connectivity index (χ2v) is 9.74. The summed E-state index contributed by atoms with van der Waals surface area (Å²) in [6.07, 6.45) is 2.75. The van der Waals surface area contributed by atoms with E-state index in [2.05, 4.69) is 15.6 Å². The van der Waals surface area contributed by atoms with E-state index in [4.69, 9.17) is 9.47 Å². The minimum absolute atomic E-state index is 0.0339. The summed E-state index contributed by atoms with van der Waals surface area (Å²) in [7, 11) is 3.25. The van der Waals surface area contributed by atoms with Crippen LogP contribution in [0.15, 0.2) is 89.4 Å². The second kappa shape index (κ2) is 10.5. The van der Waals surface area contributed by atoms with E-state index in [0.717, 1.165) is 33.8 Å². The molecule has 2 unspecified atom stereocenters. The average Bonchev–Trinajstić information content (AvgIpc) is 2.93. The van der Waals surface area contributed by atoms with Crippen molar-refractivity contribution < 1.29 is 19.1 Å². The van der Waals surface area contributed by atoms with Crippen molar-refractivity contribution in [1.82, 2.24) is 10.3 Å². The number of carbonyl (C=O) groups is 2. The molecule has 0 radical (unpaired) electrons. The van der Waals surface area contributed by atoms with E-state index in [9.17, 15) is 9.59 Å². The number of nitrogens with one attached hydrogen (secondary N) is 2. The zero-order chi connectivity index (χ0) is 26.8. The molecule has 1 aliphatic carbocycles. The van der Waals surface area contributed by atoms with Gasteiger partial charge in [0.2, 0.25) is 0 Å². The highest BCUT2D eigenvalue weighted by molar-refractivity contribution is 6.09. The Morgan fingerprint density at radius 3 is 2.11 bits per heavy atom. The van der Waals surface area contributed by atoms with Crippen molar-refractivity contribution in [2.45, 2.75) is 38.5 Å². The van der Waals surface area contributed by atoms with Crippen LogP contribution in [0.3, 0.4) is 0 Å². The molecule has 0 bridgehead atoms. The highest BCUT2D eigenvalue weighted by Gasteiger charge is 2.41. The maximum absolute atomic E-state index is 13.8. The van der Waals surface area contributed by atoms with Gasteiger partial charge in [0.15, 0.2) is 5.78 Å². The van der Waals surface area contributed by atoms with Gasteiger partial charge >= 0.3 is 0 Å². The van der Waals surface area contributed by atoms with Crippen molar-refractivity contribution in [3.8, 4) is 11.5 Å². The minimum atomic E-state index is -0.507. The van der Waals surface area contributed by atoms with Gasteiger partial charge in [0.1, 0.15) is 17.3 Å². The van der Waals surface area contributed by atoms with E-state index in [1.165, 1.54) is 0 Å². The number of ketones is 1. The average molecular weight is 510 g/mol. The SMILES string of the molecule is COc1ccc(C2CC(=O)C3=C(C2)NC(C)=C(C(=O)Nc2ccc(C)cn2)C3c2ccc(OC)cc2)cc1. The third kappa shape index (κ3) is 4.92. The summed E-state index contributed by atoms with van der Waals surface area (Å²) in [5.41, 5.74) is 5.69. The Kier molecular flexibility index (Phi) is 7.01. The van der Waals surface area contributed by atoms with Crippen LogP contribution in [-0.2, 0) is 9.59 Å². The molecule has 0 fully saturated rings. The molecule has 0 saturated carbocycles. The number of anilines is 1. The number of carbonyl (C=O) groups excluding carboxylic acids is 2. The molecule has 2 atom stereocenters. The highest BCUT2D eigenvalue weighted by Crippen LogP contribution is 2.46. The first-order valence-electron chi connectivity index (χ1n) is 12.6. The smallest absolute Gasteiger partial charge is 0.255 e. The number of Topliss-reactive ketones (excluding diaryl/α,β-unsaturated/α-hetero) is 1. The topological polar surface area (TPSA) is 89.5 Å². The summed E-state index contributed by atoms with van der Waals surface area (Å²) in [5.74, 6) is 1.23. The van der Waals surface area contributed by atoms with Gasteiger partial charge in [0.05, 0.1) is 14.2 Å². The lowest BCUT2D eigenvalue weighted by atomic mass is 9.71. The number of aryl methyl sites for hydroxylation is 1. The van der Waals surface area contributed by atoms with Gasteiger partial charge in [-0.2, -0.15) is 0 Å². The highest BCUT2D eigenvalue weighted by atomic mass is 16.5. The molecular formula is C31H31N3O4. The number of nitrogens with zero attached hydrogens (tertiary/aromatic N) is 1. The zero-order valence-electron chi connectivity index (χ0n) is 22.0. The lowest BCUT2D eigenvalue weighted by Gasteiger charge is -2.37. The fraction of sp³-hybridized carbons (Fsp3) is 0.258. The number of allylic oxidation sites excluding steroid dienone is 3. The number of hydrogen-bond donors (Lipinski definition) is 2. The van der Waals surface area contributed by atoms with Crippen LogP contribution in [-0.4, -0.2) is 30.9 Å². The van der Waals surface area contributed by atoms with Gasteiger partial charge in [-0.15, -0.1) is 0 Å². The summed E-state index contributed by atoms with van der Waals surface area (Å²) >= 11 is 0. The Balaban J connectivity index is 1.53. The molecule has 194 valence electrons. The van der Waals surface area contributed by atoms with Crippen LogP contribution in [0.25, 0.3) is 0 Å². The maximum atomic E-state index is 13.8. The van der Waals surface area contributed by atoms with Crippen LogP contribution in [0.2, 0.25) is 0 Å². The van der Waals surface area contributed by atoms with Gasteiger partial charge in [-0.25, -0.2) is 4.98 Å². The van der Waals surface area contributed by atoms with Crippen molar-refractivity contribution in [3.63, 3.8) is 0 Å². The lowest BCUT2D eigenvalue weighted by molar-refractivity contribution is -0.116. The molecule has 0 saturated heterocycles.